The minimum atomic E-state index is -0.207. The fourth-order valence-corrected chi connectivity index (χ4v) is 2.98. The molecule has 0 aromatic carbocycles. The molecule has 0 aromatic rings. The summed E-state index contributed by atoms with van der Waals surface area (Å²) >= 11 is 0. The van der Waals surface area contributed by atoms with Crippen molar-refractivity contribution in [3.63, 3.8) is 0 Å². The normalized spacial score (nSPS) is 49.6. The van der Waals surface area contributed by atoms with Gasteiger partial charge in [-0.2, -0.15) is 0 Å². The van der Waals surface area contributed by atoms with Crippen molar-refractivity contribution in [2.24, 2.45) is 17.6 Å². The molecule has 0 radical (unpaired) electrons. The molecular weight excluding hydrogens is 138 g/mol. The quantitative estimate of drug-likeness (QED) is 0.590. The summed E-state index contributed by atoms with van der Waals surface area (Å²) in [5.74, 6) is 1.47. The van der Waals surface area contributed by atoms with E-state index in [9.17, 15) is 0 Å². The van der Waals surface area contributed by atoms with Crippen LogP contribution < -0.4 is 5.73 Å². The maximum Gasteiger partial charge on any atom is 0.0614 e. The van der Waals surface area contributed by atoms with Crippen molar-refractivity contribution in [1.82, 2.24) is 0 Å². The first-order chi connectivity index (χ1) is 5.26. The lowest BCUT2D eigenvalue weighted by Gasteiger charge is -2.28. The van der Waals surface area contributed by atoms with Crippen LogP contribution in [0.4, 0.5) is 0 Å². The Morgan fingerprint density at radius 2 is 2.18 bits per heavy atom. The number of aliphatic hydroxyl groups excluding tert-OH is 1. The van der Waals surface area contributed by atoms with Crippen molar-refractivity contribution in [3.8, 4) is 0 Å². The van der Waals surface area contributed by atoms with Gasteiger partial charge in [-0.15, -0.1) is 0 Å². The van der Waals surface area contributed by atoms with Crippen molar-refractivity contribution in [2.45, 2.75) is 37.6 Å². The van der Waals surface area contributed by atoms with Gasteiger partial charge in [0, 0.05) is 5.54 Å². The maximum absolute atomic E-state index is 9.15. The van der Waals surface area contributed by atoms with E-state index in [0.717, 1.165) is 12.3 Å². The Morgan fingerprint density at radius 3 is 2.91 bits per heavy atom. The maximum atomic E-state index is 9.15. The summed E-state index contributed by atoms with van der Waals surface area (Å²) in [6, 6.07) is 0. The molecule has 0 amide bonds. The molecule has 0 bridgehead atoms. The van der Waals surface area contributed by atoms with Crippen LogP contribution in [-0.4, -0.2) is 17.3 Å². The van der Waals surface area contributed by atoms with Gasteiger partial charge in [0.05, 0.1) is 6.61 Å². The number of hydrogen-bond donors (Lipinski definition) is 2. The van der Waals surface area contributed by atoms with Crippen LogP contribution in [0.2, 0.25) is 0 Å². The van der Waals surface area contributed by atoms with Gasteiger partial charge in [0.2, 0.25) is 0 Å². The zero-order valence-electron chi connectivity index (χ0n) is 6.92. The summed E-state index contributed by atoms with van der Waals surface area (Å²) in [5, 5.41) is 9.15. The lowest BCUT2D eigenvalue weighted by Crippen LogP contribution is -2.47. The molecule has 0 spiro atoms. The van der Waals surface area contributed by atoms with E-state index in [1.165, 1.54) is 25.7 Å². The van der Waals surface area contributed by atoms with Crippen molar-refractivity contribution >= 4 is 0 Å². The molecule has 2 nitrogen and oxygen atoms in total. The molecule has 2 heteroatoms. The largest absolute Gasteiger partial charge is 0.394 e. The van der Waals surface area contributed by atoms with Gasteiger partial charge >= 0.3 is 0 Å². The highest BCUT2D eigenvalue weighted by Gasteiger charge is 2.47. The van der Waals surface area contributed by atoms with Crippen molar-refractivity contribution < 1.29 is 5.11 Å². The summed E-state index contributed by atoms with van der Waals surface area (Å²) in [4.78, 5) is 0. The van der Waals surface area contributed by atoms with Crippen LogP contribution in [0.25, 0.3) is 0 Å². The first-order valence-electron chi connectivity index (χ1n) is 4.66. The average Bonchev–Trinajstić information content (AvgIpc) is 2.55. The summed E-state index contributed by atoms with van der Waals surface area (Å²) < 4.78 is 0. The van der Waals surface area contributed by atoms with Crippen LogP contribution in [0, 0.1) is 11.8 Å². The SMILES string of the molecule is NC1(CO)CCC2CCCC21. The monoisotopic (exact) mass is 155 g/mol. The van der Waals surface area contributed by atoms with Gasteiger partial charge < -0.3 is 10.8 Å². The van der Waals surface area contributed by atoms with Crippen LogP contribution in [0.15, 0.2) is 0 Å². The Hall–Kier alpha value is -0.0800. The second-order valence-electron chi connectivity index (χ2n) is 4.23. The summed E-state index contributed by atoms with van der Waals surface area (Å²) in [5.41, 5.74) is 5.89. The van der Waals surface area contributed by atoms with E-state index < -0.39 is 0 Å². The van der Waals surface area contributed by atoms with Gasteiger partial charge in [0.1, 0.15) is 0 Å². The Morgan fingerprint density at radius 1 is 1.36 bits per heavy atom. The highest BCUT2D eigenvalue weighted by atomic mass is 16.3. The van der Waals surface area contributed by atoms with Crippen molar-refractivity contribution in [3.05, 3.63) is 0 Å². The van der Waals surface area contributed by atoms with E-state index >= 15 is 0 Å². The molecule has 0 aromatic heterocycles. The minimum Gasteiger partial charge on any atom is -0.394 e. The van der Waals surface area contributed by atoms with E-state index in [2.05, 4.69) is 0 Å². The minimum absolute atomic E-state index is 0.189. The molecule has 3 N–H and O–H groups in total. The van der Waals surface area contributed by atoms with E-state index in [1.807, 2.05) is 0 Å². The van der Waals surface area contributed by atoms with Gasteiger partial charge in [-0.3, -0.25) is 0 Å². The third-order valence-electron chi connectivity index (χ3n) is 3.67. The number of nitrogens with two attached hydrogens (primary N) is 1. The van der Waals surface area contributed by atoms with Gasteiger partial charge in [-0.25, -0.2) is 0 Å². The molecule has 3 unspecified atom stereocenters. The van der Waals surface area contributed by atoms with Crippen molar-refractivity contribution in [1.29, 1.82) is 0 Å². The first-order valence-corrected chi connectivity index (χ1v) is 4.66. The fourth-order valence-electron chi connectivity index (χ4n) is 2.98. The van der Waals surface area contributed by atoms with E-state index in [1.54, 1.807) is 0 Å². The smallest absolute Gasteiger partial charge is 0.0614 e. The van der Waals surface area contributed by atoms with Gasteiger partial charge in [0.15, 0.2) is 0 Å². The third-order valence-corrected chi connectivity index (χ3v) is 3.67. The van der Waals surface area contributed by atoms with Crippen LogP contribution >= 0.6 is 0 Å². The average molecular weight is 155 g/mol. The molecular formula is C9H17NO. The highest BCUT2D eigenvalue weighted by Crippen LogP contribution is 2.48. The Labute approximate surface area is 67.8 Å². The fraction of sp³-hybridized carbons (Fsp3) is 1.00. The molecule has 0 heterocycles. The molecule has 2 saturated carbocycles. The Kier molecular flexibility index (Phi) is 1.69. The topological polar surface area (TPSA) is 46.2 Å². The van der Waals surface area contributed by atoms with Gasteiger partial charge in [-0.05, 0) is 31.1 Å². The Bertz CT molecular complexity index is 160. The van der Waals surface area contributed by atoms with Gasteiger partial charge in [0.25, 0.3) is 0 Å². The summed E-state index contributed by atoms with van der Waals surface area (Å²) in [7, 11) is 0. The second-order valence-corrected chi connectivity index (χ2v) is 4.23. The van der Waals surface area contributed by atoms with Crippen LogP contribution in [-0.2, 0) is 0 Å². The zero-order valence-corrected chi connectivity index (χ0v) is 6.92. The zero-order chi connectivity index (χ0) is 7.90. The molecule has 2 aliphatic rings. The lowest BCUT2D eigenvalue weighted by molar-refractivity contribution is 0.154. The van der Waals surface area contributed by atoms with Crippen LogP contribution in [0.3, 0.4) is 0 Å². The molecule has 2 rings (SSSR count). The van der Waals surface area contributed by atoms with E-state index in [0.29, 0.717) is 5.92 Å². The van der Waals surface area contributed by atoms with Crippen LogP contribution in [0.1, 0.15) is 32.1 Å². The molecule has 0 saturated heterocycles. The molecule has 3 atom stereocenters. The lowest BCUT2D eigenvalue weighted by atomic mass is 9.86. The summed E-state index contributed by atoms with van der Waals surface area (Å²) in [6.07, 6.45) is 6.22. The molecule has 2 aliphatic carbocycles. The molecule has 64 valence electrons. The molecule has 11 heavy (non-hydrogen) atoms. The van der Waals surface area contributed by atoms with Crippen LogP contribution in [0.5, 0.6) is 0 Å². The highest BCUT2D eigenvalue weighted by molar-refractivity contribution is 5.02. The van der Waals surface area contributed by atoms with E-state index in [4.69, 9.17) is 10.8 Å². The standard InChI is InChI=1S/C9H17NO/c10-9(6-11)5-4-7-2-1-3-8(7)9/h7-8,11H,1-6,10H2. The first kappa shape index (κ1) is 7.56. The van der Waals surface area contributed by atoms with Crippen molar-refractivity contribution in [2.75, 3.05) is 6.61 Å². The number of rotatable bonds is 1. The third kappa shape index (κ3) is 1.00. The van der Waals surface area contributed by atoms with E-state index in [-0.39, 0.29) is 12.1 Å². The number of fused-ring (bicyclic) bond motifs is 1. The predicted octanol–water partition coefficient (Wildman–Crippen LogP) is 0.886. The molecule has 0 aliphatic heterocycles. The Balaban J connectivity index is 2.14. The predicted molar refractivity (Wildman–Crippen MR) is 44.1 cm³/mol. The molecule has 2 fully saturated rings. The second kappa shape index (κ2) is 2.46. The van der Waals surface area contributed by atoms with Gasteiger partial charge in [-0.1, -0.05) is 12.8 Å². The number of hydrogen-bond acceptors (Lipinski definition) is 2. The number of aliphatic hydroxyl groups is 1. The summed E-state index contributed by atoms with van der Waals surface area (Å²) in [6.45, 7) is 0.189.